The number of H-pyrrole nitrogens is 1. The number of aromatic amines is 1. The molecule has 23 heavy (non-hydrogen) atoms. The van der Waals surface area contributed by atoms with E-state index in [1.54, 1.807) is 4.68 Å². The smallest absolute Gasteiger partial charge is 0.102 e. The lowest BCUT2D eigenvalue weighted by molar-refractivity contribution is 0.461. The van der Waals surface area contributed by atoms with Gasteiger partial charge in [0.15, 0.2) is 0 Å². The summed E-state index contributed by atoms with van der Waals surface area (Å²) in [4.78, 5) is 0. The summed E-state index contributed by atoms with van der Waals surface area (Å²) >= 11 is 0. The quantitative estimate of drug-likeness (QED) is 0.758. The Morgan fingerprint density at radius 1 is 1.26 bits per heavy atom. The first-order chi connectivity index (χ1) is 11.0. The minimum absolute atomic E-state index is 0.448. The van der Waals surface area contributed by atoms with E-state index in [0.29, 0.717) is 6.54 Å². The minimum Gasteiger partial charge on any atom is -0.320 e. The molecule has 0 fully saturated rings. The van der Waals surface area contributed by atoms with Gasteiger partial charge < -0.3 is 5.73 Å². The van der Waals surface area contributed by atoms with Crippen molar-refractivity contribution in [3.8, 4) is 11.3 Å². The molecule has 1 atom stereocenters. The highest BCUT2D eigenvalue weighted by Crippen LogP contribution is 2.23. The Hall–Kier alpha value is -2.47. The van der Waals surface area contributed by atoms with E-state index in [2.05, 4.69) is 39.6 Å². The molecule has 6 nitrogen and oxygen atoms in total. The highest BCUT2D eigenvalue weighted by Gasteiger charge is 2.22. The number of aromatic nitrogens is 5. The van der Waals surface area contributed by atoms with Gasteiger partial charge in [-0.15, -0.1) is 5.10 Å². The number of nitrogens with two attached hydrogens (primary N) is 1. The minimum atomic E-state index is -0.448. The molecule has 1 aromatic carbocycles. The van der Waals surface area contributed by atoms with Gasteiger partial charge in [-0.3, -0.25) is 5.10 Å². The van der Waals surface area contributed by atoms with E-state index in [9.17, 15) is 0 Å². The summed E-state index contributed by atoms with van der Waals surface area (Å²) < 4.78 is 1.80. The first-order valence-corrected chi connectivity index (χ1v) is 7.80. The standard InChI is InChI=1S/C17H22N6/c1-4-17(3,18)15-11-23(22-20-15)10-14-12(2)16(21-19-14)13-8-6-5-7-9-13/h5-9,11H,4,10,18H2,1-3H3,(H,19,21). The summed E-state index contributed by atoms with van der Waals surface area (Å²) in [7, 11) is 0. The summed E-state index contributed by atoms with van der Waals surface area (Å²) in [6, 6.07) is 10.1. The van der Waals surface area contributed by atoms with Crippen LogP contribution in [0.5, 0.6) is 0 Å². The van der Waals surface area contributed by atoms with E-state index in [1.807, 2.05) is 38.2 Å². The zero-order valence-corrected chi connectivity index (χ0v) is 13.7. The van der Waals surface area contributed by atoms with Crippen molar-refractivity contribution in [3.63, 3.8) is 0 Å². The molecular formula is C17H22N6. The van der Waals surface area contributed by atoms with Crippen LogP contribution in [-0.4, -0.2) is 25.2 Å². The topological polar surface area (TPSA) is 85.4 Å². The number of nitrogens with zero attached hydrogens (tertiary/aromatic N) is 4. The largest absolute Gasteiger partial charge is 0.320 e. The van der Waals surface area contributed by atoms with Crippen LogP contribution in [0.2, 0.25) is 0 Å². The van der Waals surface area contributed by atoms with E-state index < -0.39 is 5.54 Å². The predicted octanol–water partition coefficient (Wildman–Crippen LogP) is 2.61. The average Bonchev–Trinajstić information content (AvgIpc) is 3.17. The van der Waals surface area contributed by atoms with Gasteiger partial charge in [-0.25, -0.2) is 4.68 Å². The van der Waals surface area contributed by atoms with E-state index in [1.165, 1.54) is 0 Å². The molecule has 3 rings (SSSR count). The lowest BCUT2D eigenvalue weighted by Crippen LogP contribution is -2.32. The third-order valence-electron chi connectivity index (χ3n) is 4.34. The molecular weight excluding hydrogens is 288 g/mol. The van der Waals surface area contributed by atoms with Crippen LogP contribution < -0.4 is 5.73 Å². The van der Waals surface area contributed by atoms with E-state index in [4.69, 9.17) is 5.73 Å². The third-order valence-corrected chi connectivity index (χ3v) is 4.34. The normalized spacial score (nSPS) is 13.9. The predicted molar refractivity (Wildman–Crippen MR) is 89.7 cm³/mol. The summed E-state index contributed by atoms with van der Waals surface area (Å²) in [5.41, 5.74) is 10.8. The van der Waals surface area contributed by atoms with Crippen molar-refractivity contribution in [1.82, 2.24) is 25.2 Å². The van der Waals surface area contributed by atoms with Crippen molar-refractivity contribution in [2.45, 2.75) is 39.3 Å². The van der Waals surface area contributed by atoms with Gasteiger partial charge in [0, 0.05) is 5.56 Å². The van der Waals surface area contributed by atoms with Gasteiger partial charge in [-0.1, -0.05) is 42.5 Å². The molecule has 0 amide bonds. The highest BCUT2D eigenvalue weighted by atomic mass is 15.4. The van der Waals surface area contributed by atoms with Crippen LogP contribution in [-0.2, 0) is 12.1 Å². The van der Waals surface area contributed by atoms with Crippen molar-refractivity contribution < 1.29 is 0 Å². The highest BCUT2D eigenvalue weighted by molar-refractivity contribution is 5.63. The lowest BCUT2D eigenvalue weighted by atomic mass is 9.97. The molecule has 0 saturated heterocycles. The molecule has 6 heteroatoms. The number of benzene rings is 1. The fraction of sp³-hybridized carbons (Fsp3) is 0.353. The second-order valence-electron chi connectivity index (χ2n) is 6.11. The van der Waals surface area contributed by atoms with E-state index >= 15 is 0 Å². The SMILES string of the molecule is CCC(C)(N)c1cn(Cc2[nH]nc(-c3ccccc3)c2C)nn1. The van der Waals surface area contributed by atoms with Gasteiger partial charge in [0.2, 0.25) is 0 Å². The molecule has 0 saturated carbocycles. The molecule has 0 spiro atoms. The Morgan fingerprint density at radius 2 is 2.00 bits per heavy atom. The van der Waals surface area contributed by atoms with Crippen molar-refractivity contribution in [2.75, 3.05) is 0 Å². The molecule has 120 valence electrons. The molecule has 3 aromatic rings. The Labute approximate surface area is 135 Å². The van der Waals surface area contributed by atoms with Gasteiger partial charge in [0.25, 0.3) is 0 Å². The maximum atomic E-state index is 6.22. The Bertz CT molecular complexity index is 785. The maximum Gasteiger partial charge on any atom is 0.102 e. The summed E-state index contributed by atoms with van der Waals surface area (Å²) in [5.74, 6) is 0. The Balaban J connectivity index is 1.84. The number of hydrogen-bond acceptors (Lipinski definition) is 4. The molecule has 0 radical (unpaired) electrons. The molecule has 0 aliphatic rings. The Morgan fingerprint density at radius 3 is 2.70 bits per heavy atom. The Kier molecular flexibility index (Phi) is 4.00. The van der Waals surface area contributed by atoms with Crippen molar-refractivity contribution in [1.29, 1.82) is 0 Å². The van der Waals surface area contributed by atoms with Crippen molar-refractivity contribution in [2.24, 2.45) is 5.73 Å². The van der Waals surface area contributed by atoms with Crippen LogP contribution in [0.3, 0.4) is 0 Å². The second kappa shape index (κ2) is 5.96. The van der Waals surface area contributed by atoms with E-state index in [-0.39, 0.29) is 0 Å². The van der Waals surface area contributed by atoms with Crippen molar-refractivity contribution >= 4 is 0 Å². The zero-order valence-electron chi connectivity index (χ0n) is 13.7. The van der Waals surface area contributed by atoms with Gasteiger partial charge in [0.1, 0.15) is 5.69 Å². The molecule has 0 bridgehead atoms. The molecule has 3 N–H and O–H groups in total. The fourth-order valence-corrected chi connectivity index (χ4v) is 2.45. The second-order valence-corrected chi connectivity index (χ2v) is 6.11. The third kappa shape index (κ3) is 3.03. The van der Waals surface area contributed by atoms with Crippen LogP contribution in [0, 0.1) is 6.92 Å². The van der Waals surface area contributed by atoms with Crippen LogP contribution >= 0.6 is 0 Å². The van der Waals surface area contributed by atoms with Crippen LogP contribution in [0.25, 0.3) is 11.3 Å². The number of nitrogens with one attached hydrogen (secondary N) is 1. The van der Waals surface area contributed by atoms with Crippen LogP contribution in [0.4, 0.5) is 0 Å². The summed E-state index contributed by atoms with van der Waals surface area (Å²) in [6.45, 7) is 6.68. The van der Waals surface area contributed by atoms with Gasteiger partial charge in [-0.05, 0) is 25.8 Å². The molecule has 0 aliphatic carbocycles. The monoisotopic (exact) mass is 310 g/mol. The van der Waals surface area contributed by atoms with Gasteiger partial charge in [0.05, 0.1) is 29.7 Å². The average molecular weight is 310 g/mol. The molecule has 1 unspecified atom stereocenters. The number of rotatable bonds is 5. The van der Waals surface area contributed by atoms with E-state index in [0.717, 1.165) is 34.6 Å². The fourth-order valence-electron chi connectivity index (χ4n) is 2.45. The maximum absolute atomic E-state index is 6.22. The lowest BCUT2D eigenvalue weighted by Gasteiger charge is -2.18. The zero-order chi connectivity index (χ0) is 16.4. The van der Waals surface area contributed by atoms with Gasteiger partial charge in [-0.2, -0.15) is 5.10 Å². The molecule has 2 heterocycles. The van der Waals surface area contributed by atoms with Crippen molar-refractivity contribution in [3.05, 3.63) is 53.5 Å². The van der Waals surface area contributed by atoms with Crippen LogP contribution in [0.15, 0.2) is 36.5 Å². The summed E-state index contributed by atoms with van der Waals surface area (Å²) in [6.07, 6.45) is 2.72. The molecule has 2 aromatic heterocycles. The first-order valence-electron chi connectivity index (χ1n) is 7.80. The molecule has 0 aliphatic heterocycles. The number of hydrogen-bond donors (Lipinski definition) is 2. The first kappa shape index (κ1) is 15.4. The van der Waals surface area contributed by atoms with Crippen LogP contribution in [0.1, 0.15) is 37.2 Å². The summed E-state index contributed by atoms with van der Waals surface area (Å²) in [5, 5.41) is 15.9. The van der Waals surface area contributed by atoms with Gasteiger partial charge >= 0.3 is 0 Å².